The standard InChI is InChI=1S/C16H13ClFN5OS/c1-10-5-6-14(13(18)7-10)19-15(24)9-25-16-20-21-22-23(16)12-4-2-3-11(17)8-12/h2-8H,9H2,1H3,(H,19,24). The van der Waals surface area contributed by atoms with Crippen LogP contribution < -0.4 is 5.32 Å². The lowest BCUT2D eigenvalue weighted by Gasteiger charge is -2.07. The highest BCUT2D eigenvalue weighted by molar-refractivity contribution is 7.99. The zero-order valence-electron chi connectivity index (χ0n) is 13.1. The lowest BCUT2D eigenvalue weighted by Crippen LogP contribution is -2.15. The van der Waals surface area contributed by atoms with Gasteiger partial charge >= 0.3 is 0 Å². The third-order valence-electron chi connectivity index (χ3n) is 3.22. The molecule has 0 fully saturated rings. The van der Waals surface area contributed by atoms with Crippen molar-refractivity contribution < 1.29 is 9.18 Å². The van der Waals surface area contributed by atoms with Crippen LogP contribution in [0.25, 0.3) is 5.69 Å². The first-order chi connectivity index (χ1) is 12.0. The van der Waals surface area contributed by atoms with Gasteiger partial charge in [0.25, 0.3) is 0 Å². The van der Waals surface area contributed by atoms with E-state index >= 15 is 0 Å². The Morgan fingerprint density at radius 1 is 1.32 bits per heavy atom. The molecule has 1 aromatic heterocycles. The molecule has 3 rings (SSSR count). The summed E-state index contributed by atoms with van der Waals surface area (Å²) in [5, 5.41) is 14.9. The van der Waals surface area contributed by atoms with Crippen LogP contribution in [-0.4, -0.2) is 31.9 Å². The zero-order chi connectivity index (χ0) is 17.8. The lowest BCUT2D eigenvalue weighted by molar-refractivity contribution is -0.113. The normalized spacial score (nSPS) is 10.7. The molecule has 0 bridgehead atoms. The molecular weight excluding hydrogens is 365 g/mol. The van der Waals surface area contributed by atoms with Crippen LogP contribution in [0.2, 0.25) is 5.02 Å². The molecule has 0 saturated heterocycles. The Kier molecular flexibility index (Phi) is 5.30. The van der Waals surface area contributed by atoms with Crippen LogP contribution in [-0.2, 0) is 4.79 Å². The molecule has 0 saturated carbocycles. The number of tetrazole rings is 1. The number of aromatic nitrogens is 4. The molecule has 0 atom stereocenters. The van der Waals surface area contributed by atoms with E-state index in [1.54, 1.807) is 37.3 Å². The van der Waals surface area contributed by atoms with E-state index in [1.807, 2.05) is 0 Å². The number of carbonyl (C=O) groups excluding carboxylic acids is 1. The highest BCUT2D eigenvalue weighted by atomic mass is 35.5. The molecule has 1 heterocycles. The number of benzene rings is 2. The highest BCUT2D eigenvalue weighted by Gasteiger charge is 2.13. The van der Waals surface area contributed by atoms with Gasteiger partial charge in [-0.1, -0.05) is 35.5 Å². The van der Waals surface area contributed by atoms with Gasteiger partial charge in [0, 0.05) is 5.02 Å². The SMILES string of the molecule is Cc1ccc(NC(=O)CSc2nnnn2-c2cccc(Cl)c2)c(F)c1. The second-order valence-corrected chi connectivity index (χ2v) is 6.55. The van der Waals surface area contributed by atoms with Crippen molar-refractivity contribution in [2.24, 2.45) is 0 Å². The van der Waals surface area contributed by atoms with Gasteiger partial charge in [-0.15, -0.1) is 5.10 Å². The molecule has 9 heteroatoms. The average Bonchev–Trinajstić information content (AvgIpc) is 3.04. The summed E-state index contributed by atoms with van der Waals surface area (Å²) in [4.78, 5) is 12.0. The third-order valence-corrected chi connectivity index (χ3v) is 4.38. The van der Waals surface area contributed by atoms with Gasteiger partial charge in [-0.25, -0.2) is 4.39 Å². The van der Waals surface area contributed by atoms with Crippen LogP contribution in [0.5, 0.6) is 0 Å². The van der Waals surface area contributed by atoms with Crippen LogP contribution in [0, 0.1) is 12.7 Å². The number of nitrogens with zero attached hydrogens (tertiary/aromatic N) is 4. The average molecular weight is 378 g/mol. The Morgan fingerprint density at radius 2 is 2.16 bits per heavy atom. The maximum absolute atomic E-state index is 13.8. The molecule has 0 spiro atoms. The van der Waals surface area contributed by atoms with Crippen molar-refractivity contribution >= 4 is 35.0 Å². The summed E-state index contributed by atoms with van der Waals surface area (Å²) < 4.78 is 15.3. The predicted octanol–water partition coefficient (Wildman–Crippen LogP) is 3.49. The van der Waals surface area contributed by atoms with Gasteiger partial charge in [0.1, 0.15) is 5.82 Å². The molecule has 25 heavy (non-hydrogen) atoms. The summed E-state index contributed by atoms with van der Waals surface area (Å²) >= 11 is 7.11. The summed E-state index contributed by atoms with van der Waals surface area (Å²) in [5.41, 5.74) is 1.61. The molecule has 1 N–H and O–H groups in total. The van der Waals surface area contributed by atoms with Crippen molar-refractivity contribution in [1.82, 2.24) is 20.2 Å². The number of nitrogens with one attached hydrogen (secondary N) is 1. The Hall–Kier alpha value is -2.45. The number of thioether (sulfide) groups is 1. The van der Waals surface area contributed by atoms with E-state index in [0.29, 0.717) is 15.9 Å². The van der Waals surface area contributed by atoms with E-state index in [4.69, 9.17) is 11.6 Å². The number of halogens is 2. The van der Waals surface area contributed by atoms with Crippen LogP contribution in [0.4, 0.5) is 10.1 Å². The summed E-state index contributed by atoms with van der Waals surface area (Å²) in [6.45, 7) is 1.78. The van der Waals surface area contributed by atoms with E-state index < -0.39 is 5.82 Å². The minimum Gasteiger partial charge on any atom is -0.323 e. The maximum atomic E-state index is 13.8. The van der Waals surface area contributed by atoms with E-state index in [9.17, 15) is 9.18 Å². The monoisotopic (exact) mass is 377 g/mol. The van der Waals surface area contributed by atoms with Gasteiger partial charge in [0.15, 0.2) is 0 Å². The highest BCUT2D eigenvalue weighted by Crippen LogP contribution is 2.21. The zero-order valence-corrected chi connectivity index (χ0v) is 14.7. The van der Waals surface area contributed by atoms with E-state index in [2.05, 4.69) is 20.8 Å². The Balaban J connectivity index is 1.66. The first-order valence-corrected chi connectivity index (χ1v) is 8.62. The van der Waals surface area contributed by atoms with Crippen LogP contribution >= 0.6 is 23.4 Å². The van der Waals surface area contributed by atoms with E-state index in [-0.39, 0.29) is 17.3 Å². The molecule has 3 aromatic rings. The minimum atomic E-state index is -0.470. The number of anilines is 1. The van der Waals surface area contributed by atoms with Crippen LogP contribution in [0.3, 0.4) is 0 Å². The fraction of sp³-hybridized carbons (Fsp3) is 0.125. The number of rotatable bonds is 5. The van der Waals surface area contributed by atoms with Gasteiger partial charge in [-0.3, -0.25) is 4.79 Å². The van der Waals surface area contributed by atoms with Crippen LogP contribution in [0.1, 0.15) is 5.56 Å². The number of hydrogen-bond acceptors (Lipinski definition) is 5. The summed E-state index contributed by atoms with van der Waals surface area (Å²) in [6.07, 6.45) is 0. The van der Waals surface area contributed by atoms with E-state index in [1.165, 1.54) is 16.8 Å². The van der Waals surface area contributed by atoms with Crippen molar-refractivity contribution in [3.8, 4) is 5.69 Å². The van der Waals surface area contributed by atoms with Crippen molar-refractivity contribution in [3.63, 3.8) is 0 Å². The third kappa shape index (κ3) is 4.34. The first-order valence-electron chi connectivity index (χ1n) is 7.26. The Morgan fingerprint density at radius 3 is 2.92 bits per heavy atom. The molecule has 6 nitrogen and oxygen atoms in total. The van der Waals surface area contributed by atoms with Gasteiger partial charge < -0.3 is 5.32 Å². The van der Waals surface area contributed by atoms with Crippen molar-refractivity contribution in [2.45, 2.75) is 12.1 Å². The van der Waals surface area contributed by atoms with Crippen molar-refractivity contribution in [3.05, 3.63) is 58.9 Å². The summed E-state index contributed by atoms with van der Waals surface area (Å²) in [6, 6.07) is 11.7. The quantitative estimate of drug-likeness (QED) is 0.689. The van der Waals surface area contributed by atoms with Crippen molar-refractivity contribution in [2.75, 3.05) is 11.1 Å². The number of amides is 1. The molecule has 128 valence electrons. The molecule has 0 aliphatic carbocycles. The van der Waals surface area contributed by atoms with Gasteiger partial charge in [0.05, 0.1) is 17.1 Å². The minimum absolute atomic E-state index is 0.0360. The van der Waals surface area contributed by atoms with E-state index in [0.717, 1.165) is 17.3 Å². The fourth-order valence-corrected chi connectivity index (χ4v) is 2.95. The summed E-state index contributed by atoms with van der Waals surface area (Å²) in [7, 11) is 0. The smallest absolute Gasteiger partial charge is 0.234 e. The molecule has 2 aromatic carbocycles. The maximum Gasteiger partial charge on any atom is 0.234 e. The summed E-state index contributed by atoms with van der Waals surface area (Å²) in [5.74, 6) is -0.788. The lowest BCUT2D eigenvalue weighted by atomic mass is 10.2. The van der Waals surface area contributed by atoms with Gasteiger partial charge in [-0.05, 0) is 53.2 Å². The first kappa shape index (κ1) is 17.4. The van der Waals surface area contributed by atoms with Gasteiger partial charge in [0.2, 0.25) is 11.1 Å². The number of aryl methyl sites for hydroxylation is 1. The number of carbonyl (C=O) groups is 1. The molecular formula is C16H13ClFN5OS. The molecule has 0 aliphatic heterocycles. The second kappa shape index (κ2) is 7.62. The van der Waals surface area contributed by atoms with Crippen LogP contribution in [0.15, 0.2) is 47.6 Å². The molecule has 0 unspecified atom stereocenters. The molecule has 0 aliphatic rings. The predicted molar refractivity (Wildman–Crippen MR) is 94.7 cm³/mol. The Labute approximate surface area is 152 Å². The fourth-order valence-electron chi connectivity index (χ4n) is 2.08. The van der Waals surface area contributed by atoms with Crippen molar-refractivity contribution in [1.29, 1.82) is 0 Å². The Bertz CT molecular complexity index is 917. The molecule has 0 radical (unpaired) electrons. The second-order valence-electron chi connectivity index (χ2n) is 5.17. The topological polar surface area (TPSA) is 72.7 Å². The van der Waals surface area contributed by atoms with Gasteiger partial charge in [-0.2, -0.15) is 4.68 Å². The number of hydrogen-bond donors (Lipinski definition) is 1. The molecule has 1 amide bonds. The largest absolute Gasteiger partial charge is 0.323 e.